The molecule has 98 valence electrons. The molecule has 0 bridgehead atoms. The molecule has 1 aliphatic rings. The van der Waals surface area contributed by atoms with Crippen LogP contribution in [-0.4, -0.2) is 23.2 Å². The lowest BCUT2D eigenvalue weighted by atomic mass is 10.1. The lowest BCUT2D eigenvalue weighted by Gasteiger charge is -2.28. The third kappa shape index (κ3) is 2.22. The average molecular weight is 254 g/mol. The number of benzene rings is 1. The van der Waals surface area contributed by atoms with E-state index in [0.29, 0.717) is 0 Å². The maximum atomic E-state index is 9.42. The molecule has 0 atom stereocenters. The molecule has 2 heterocycles. The molecule has 0 radical (unpaired) electrons. The SMILES string of the molecule is CC1=CCCN(c2ncc(CO)c3ccccc23)C1. The van der Waals surface area contributed by atoms with Gasteiger partial charge in [-0.1, -0.05) is 35.9 Å². The Morgan fingerprint density at radius 1 is 1.26 bits per heavy atom. The number of aliphatic hydroxyl groups excluding tert-OH is 1. The highest BCUT2D eigenvalue weighted by Crippen LogP contribution is 2.28. The van der Waals surface area contributed by atoms with Gasteiger partial charge in [0.15, 0.2) is 0 Å². The smallest absolute Gasteiger partial charge is 0.136 e. The van der Waals surface area contributed by atoms with Crippen molar-refractivity contribution >= 4 is 16.6 Å². The lowest BCUT2D eigenvalue weighted by molar-refractivity contribution is 0.283. The second kappa shape index (κ2) is 5.02. The van der Waals surface area contributed by atoms with Gasteiger partial charge in [0.25, 0.3) is 0 Å². The van der Waals surface area contributed by atoms with Gasteiger partial charge in [0, 0.05) is 30.2 Å². The van der Waals surface area contributed by atoms with Crippen molar-refractivity contribution in [1.82, 2.24) is 4.98 Å². The van der Waals surface area contributed by atoms with E-state index in [-0.39, 0.29) is 6.61 Å². The minimum atomic E-state index is 0.0344. The first-order chi connectivity index (χ1) is 9.29. The van der Waals surface area contributed by atoms with Crippen LogP contribution in [-0.2, 0) is 6.61 Å². The second-order valence-electron chi connectivity index (χ2n) is 5.07. The summed E-state index contributed by atoms with van der Waals surface area (Å²) in [5, 5.41) is 11.6. The van der Waals surface area contributed by atoms with E-state index >= 15 is 0 Å². The molecule has 0 saturated heterocycles. The molecule has 0 unspecified atom stereocenters. The summed E-state index contributed by atoms with van der Waals surface area (Å²) in [5.41, 5.74) is 2.28. The van der Waals surface area contributed by atoms with Crippen molar-refractivity contribution in [3.8, 4) is 0 Å². The van der Waals surface area contributed by atoms with Crippen molar-refractivity contribution in [3.05, 3.63) is 47.7 Å². The molecule has 0 saturated carbocycles. The molecule has 19 heavy (non-hydrogen) atoms. The maximum absolute atomic E-state index is 9.42. The number of hydrogen-bond acceptors (Lipinski definition) is 3. The summed E-state index contributed by atoms with van der Waals surface area (Å²) in [7, 11) is 0. The number of aliphatic hydroxyl groups is 1. The van der Waals surface area contributed by atoms with Gasteiger partial charge in [-0.2, -0.15) is 0 Å². The fourth-order valence-electron chi connectivity index (χ4n) is 2.71. The molecular weight excluding hydrogens is 236 g/mol. The zero-order valence-electron chi connectivity index (χ0n) is 11.1. The molecule has 3 nitrogen and oxygen atoms in total. The third-order valence-corrected chi connectivity index (χ3v) is 3.66. The van der Waals surface area contributed by atoms with Gasteiger partial charge in [-0.25, -0.2) is 4.98 Å². The van der Waals surface area contributed by atoms with Gasteiger partial charge in [0.1, 0.15) is 5.82 Å². The Morgan fingerprint density at radius 3 is 2.79 bits per heavy atom. The van der Waals surface area contributed by atoms with Gasteiger partial charge in [-0.15, -0.1) is 0 Å². The van der Waals surface area contributed by atoms with Crippen molar-refractivity contribution in [2.24, 2.45) is 0 Å². The Hall–Kier alpha value is -1.87. The van der Waals surface area contributed by atoms with E-state index in [1.165, 1.54) is 5.57 Å². The van der Waals surface area contributed by atoms with E-state index in [1.54, 1.807) is 6.20 Å². The Kier molecular flexibility index (Phi) is 3.22. The third-order valence-electron chi connectivity index (χ3n) is 3.66. The van der Waals surface area contributed by atoms with Gasteiger partial charge in [0.05, 0.1) is 6.61 Å². The highest BCUT2D eigenvalue weighted by Gasteiger charge is 2.15. The summed E-state index contributed by atoms with van der Waals surface area (Å²) in [5.74, 6) is 1.03. The first kappa shape index (κ1) is 12.2. The van der Waals surface area contributed by atoms with Crippen LogP contribution in [0.1, 0.15) is 18.9 Å². The molecule has 3 rings (SSSR count). The van der Waals surface area contributed by atoms with Gasteiger partial charge in [-0.3, -0.25) is 0 Å². The summed E-state index contributed by atoms with van der Waals surface area (Å²) in [6.07, 6.45) is 5.16. The van der Waals surface area contributed by atoms with Crippen LogP contribution in [0, 0.1) is 0 Å². The molecule has 1 aromatic carbocycles. The molecule has 2 aromatic rings. The minimum Gasteiger partial charge on any atom is -0.392 e. The monoisotopic (exact) mass is 254 g/mol. The van der Waals surface area contributed by atoms with Crippen LogP contribution in [0.2, 0.25) is 0 Å². The van der Waals surface area contributed by atoms with Crippen LogP contribution in [0.25, 0.3) is 10.8 Å². The summed E-state index contributed by atoms with van der Waals surface area (Å²) in [4.78, 5) is 6.89. The highest BCUT2D eigenvalue weighted by molar-refractivity contribution is 5.94. The van der Waals surface area contributed by atoms with Gasteiger partial charge >= 0.3 is 0 Å². The molecule has 1 aliphatic heterocycles. The van der Waals surface area contributed by atoms with Crippen molar-refractivity contribution in [3.63, 3.8) is 0 Å². The molecule has 3 heteroatoms. The maximum Gasteiger partial charge on any atom is 0.136 e. The Labute approximate surface area is 113 Å². The number of anilines is 1. The van der Waals surface area contributed by atoms with Crippen molar-refractivity contribution in [1.29, 1.82) is 0 Å². The number of rotatable bonds is 2. The fraction of sp³-hybridized carbons (Fsp3) is 0.312. The molecule has 0 aliphatic carbocycles. The second-order valence-corrected chi connectivity index (χ2v) is 5.07. The predicted molar refractivity (Wildman–Crippen MR) is 78.3 cm³/mol. The fourth-order valence-corrected chi connectivity index (χ4v) is 2.71. The zero-order chi connectivity index (χ0) is 13.2. The van der Waals surface area contributed by atoms with Crippen LogP contribution >= 0.6 is 0 Å². The van der Waals surface area contributed by atoms with Gasteiger partial charge in [-0.05, 0) is 18.7 Å². The topological polar surface area (TPSA) is 36.4 Å². The van der Waals surface area contributed by atoms with E-state index in [9.17, 15) is 5.11 Å². The molecule has 0 spiro atoms. The van der Waals surface area contributed by atoms with E-state index in [4.69, 9.17) is 0 Å². The van der Waals surface area contributed by atoms with E-state index < -0.39 is 0 Å². The molecule has 1 aromatic heterocycles. The van der Waals surface area contributed by atoms with Gasteiger partial charge < -0.3 is 10.0 Å². The van der Waals surface area contributed by atoms with E-state index in [2.05, 4.69) is 35.0 Å². The van der Waals surface area contributed by atoms with E-state index in [0.717, 1.165) is 41.7 Å². The van der Waals surface area contributed by atoms with Crippen molar-refractivity contribution < 1.29 is 5.11 Å². The van der Waals surface area contributed by atoms with Crippen LogP contribution in [0.5, 0.6) is 0 Å². The van der Waals surface area contributed by atoms with Crippen LogP contribution in [0.3, 0.4) is 0 Å². The average Bonchev–Trinajstić information content (AvgIpc) is 2.46. The molecule has 0 fully saturated rings. The largest absolute Gasteiger partial charge is 0.392 e. The lowest BCUT2D eigenvalue weighted by Crippen LogP contribution is -2.30. The summed E-state index contributed by atoms with van der Waals surface area (Å²) < 4.78 is 0. The quantitative estimate of drug-likeness (QED) is 0.837. The first-order valence-corrected chi connectivity index (χ1v) is 6.67. The number of nitrogens with zero attached hydrogens (tertiary/aromatic N) is 2. The van der Waals surface area contributed by atoms with Crippen LogP contribution in [0.15, 0.2) is 42.1 Å². The number of pyridine rings is 1. The van der Waals surface area contributed by atoms with Crippen LogP contribution < -0.4 is 4.90 Å². The molecular formula is C16H18N2O. The number of fused-ring (bicyclic) bond motifs is 1. The Morgan fingerprint density at radius 2 is 2.05 bits per heavy atom. The van der Waals surface area contributed by atoms with Gasteiger partial charge in [0.2, 0.25) is 0 Å². The summed E-state index contributed by atoms with van der Waals surface area (Å²) in [6.45, 7) is 4.14. The highest BCUT2D eigenvalue weighted by atomic mass is 16.3. The first-order valence-electron chi connectivity index (χ1n) is 6.67. The van der Waals surface area contributed by atoms with Crippen LogP contribution in [0.4, 0.5) is 5.82 Å². The molecule has 1 N–H and O–H groups in total. The zero-order valence-corrected chi connectivity index (χ0v) is 11.1. The van der Waals surface area contributed by atoms with Crippen molar-refractivity contribution in [2.45, 2.75) is 20.0 Å². The molecule has 0 amide bonds. The number of hydrogen-bond donors (Lipinski definition) is 1. The number of aromatic nitrogens is 1. The predicted octanol–water partition coefficient (Wildman–Crippen LogP) is 2.88. The van der Waals surface area contributed by atoms with E-state index in [1.807, 2.05) is 12.1 Å². The summed E-state index contributed by atoms with van der Waals surface area (Å²) >= 11 is 0. The summed E-state index contributed by atoms with van der Waals surface area (Å²) in [6, 6.07) is 8.18. The normalized spacial score (nSPS) is 15.7. The Balaban J connectivity index is 2.12. The standard InChI is InChI=1S/C16H18N2O/c1-12-5-4-8-18(10-12)16-15-7-3-2-6-14(15)13(11-19)9-17-16/h2-3,5-7,9,19H,4,8,10-11H2,1H3. The minimum absolute atomic E-state index is 0.0344. The van der Waals surface area contributed by atoms with Crippen molar-refractivity contribution in [2.75, 3.05) is 18.0 Å². The Bertz CT molecular complexity index is 634.